The van der Waals surface area contributed by atoms with Crippen molar-refractivity contribution in [1.82, 2.24) is 20.2 Å². The number of fused-ring (bicyclic) bond motifs is 4. The van der Waals surface area contributed by atoms with Crippen molar-refractivity contribution in [3.63, 3.8) is 0 Å². The summed E-state index contributed by atoms with van der Waals surface area (Å²) in [5, 5.41) is 5.11. The molecule has 1 saturated heterocycles. The van der Waals surface area contributed by atoms with Crippen molar-refractivity contribution in [3.8, 4) is 0 Å². The van der Waals surface area contributed by atoms with Gasteiger partial charge in [-0.1, -0.05) is 24.3 Å². The van der Waals surface area contributed by atoms with Gasteiger partial charge in [0, 0.05) is 42.4 Å². The van der Waals surface area contributed by atoms with Crippen LogP contribution < -0.4 is 5.32 Å². The van der Waals surface area contributed by atoms with Crippen LogP contribution in [0.15, 0.2) is 48.7 Å². The summed E-state index contributed by atoms with van der Waals surface area (Å²) in [4.78, 5) is 22.5. The summed E-state index contributed by atoms with van der Waals surface area (Å²) in [7, 11) is 0. The number of H-pyrrole nitrogens is 1. The SMILES string of the molecule is O=C(c1ccccn1)N1CCC2(CC1)NCCc1c2[nH]c2ccccc12. The molecule has 4 heterocycles. The Balaban J connectivity index is 1.43. The third-order valence-corrected chi connectivity index (χ3v) is 5.92. The van der Waals surface area contributed by atoms with Crippen molar-refractivity contribution >= 4 is 16.8 Å². The Kier molecular flexibility index (Phi) is 3.57. The molecule has 0 atom stereocenters. The first-order chi connectivity index (χ1) is 12.8. The van der Waals surface area contributed by atoms with Crippen molar-refractivity contribution in [2.24, 2.45) is 0 Å². The number of nitrogens with zero attached hydrogens (tertiary/aromatic N) is 2. The van der Waals surface area contributed by atoms with Crippen LogP contribution in [0.3, 0.4) is 0 Å². The first-order valence-electron chi connectivity index (χ1n) is 9.32. The Labute approximate surface area is 152 Å². The number of piperidine rings is 1. The van der Waals surface area contributed by atoms with Gasteiger partial charge in [0.15, 0.2) is 0 Å². The van der Waals surface area contributed by atoms with Crippen LogP contribution in [0.4, 0.5) is 0 Å². The van der Waals surface area contributed by atoms with E-state index in [9.17, 15) is 4.79 Å². The topological polar surface area (TPSA) is 61.0 Å². The molecule has 5 rings (SSSR count). The zero-order chi connectivity index (χ0) is 17.6. The molecule has 1 fully saturated rings. The van der Waals surface area contributed by atoms with Gasteiger partial charge in [0.1, 0.15) is 5.69 Å². The minimum atomic E-state index is -0.0481. The molecule has 2 aliphatic heterocycles. The number of hydrogen-bond donors (Lipinski definition) is 2. The van der Waals surface area contributed by atoms with Crippen LogP contribution >= 0.6 is 0 Å². The van der Waals surface area contributed by atoms with Crippen molar-refractivity contribution < 1.29 is 4.79 Å². The lowest BCUT2D eigenvalue weighted by atomic mass is 9.79. The fraction of sp³-hybridized carbons (Fsp3) is 0.333. The van der Waals surface area contributed by atoms with Crippen LogP contribution in [0.2, 0.25) is 0 Å². The van der Waals surface area contributed by atoms with Gasteiger partial charge in [0.05, 0.1) is 5.54 Å². The molecule has 26 heavy (non-hydrogen) atoms. The van der Waals surface area contributed by atoms with Crippen LogP contribution in [-0.4, -0.2) is 40.4 Å². The van der Waals surface area contributed by atoms with Gasteiger partial charge in [-0.25, -0.2) is 0 Å². The summed E-state index contributed by atoms with van der Waals surface area (Å²) < 4.78 is 0. The zero-order valence-electron chi connectivity index (χ0n) is 14.7. The molecule has 3 aromatic rings. The number of carbonyl (C=O) groups is 1. The Morgan fingerprint density at radius 2 is 1.88 bits per heavy atom. The van der Waals surface area contributed by atoms with E-state index in [1.54, 1.807) is 12.3 Å². The maximum atomic E-state index is 12.7. The Hall–Kier alpha value is -2.66. The highest BCUT2D eigenvalue weighted by Crippen LogP contribution is 2.40. The quantitative estimate of drug-likeness (QED) is 0.712. The van der Waals surface area contributed by atoms with Gasteiger partial charge >= 0.3 is 0 Å². The minimum absolute atomic E-state index is 0.0353. The average Bonchev–Trinajstić information content (AvgIpc) is 3.09. The second-order valence-electron chi connectivity index (χ2n) is 7.29. The van der Waals surface area contributed by atoms with Crippen molar-refractivity contribution in [3.05, 3.63) is 65.6 Å². The van der Waals surface area contributed by atoms with E-state index >= 15 is 0 Å². The predicted octanol–water partition coefficient (Wildman–Crippen LogP) is 2.84. The van der Waals surface area contributed by atoms with Gasteiger partial charge in [-0.05, 0) is 43.0 Å². The number of rotatable bonds is 1. The highest BCUT2D eigenvalue weighted by atomic mass is 16.2. The number of carbonyl (C=O) groups excluding carboxylic acids is 1. The molecule has 2 aliphatic rings. The standard InChI is InChI=1S/C21H22N4O/c26-20(18-7-3-4-11-22-18)25-13-9-21(10-14-25)19-16(8-12-23-21)15-5-1-2-6-17(15)24-19/h1-7,11,23-24H,8-10,12-14H2. The molecule has 5 nitrogen and oxygen atoms in total. The number of nitrogens with one attached hydrogen (secondary N) is 2. The van der Waals surface area contributed by atoms with Crippen LogP contribution in [0.5, 0.6) is 0 Å². The number of hydrogen-bond acceptors (Lipinski definition) is 3. The van der Waals surface area contributed by atoms with Gasteiger partial charge in [0.2, 0.25) is 0 Å². The number of amides is 1. The fourth-order valence-corrected chi connectivity index (χ4v) is 4.55. The molecule has 0 unspecified atom stereocenters. The number of benzene rings is 1. The smallest absolute Gasteiger partial charge is 0.272 e. The molecule has 1 amide bonds. The first-order valence-corrected chi connectivity index (χ1v) is 9.32. The van der Waals surface area contributed by atoms with E-state index in [0.29, 0.717) is 5.69 Å². The molecule has 0 saturated carbocycles. The van der Waals surface area contributed by atoms with E-state index in [2.05, 4.69) is 39.6 Å². The van der Waals surface area contributed by atoms with Gasteiger partial charge in [-0.3, -0.25) is 9.78 Å². The molecule has 132 valence electrons. The Morgan fingerprint density at radius 1 is 1.08 bits per heavy atom. The van der Waals surface area contributed by atoms with Crippen LogP contribution in [0, 0.1) is 0 Å². The zero-order valence-corrected chi connectivity index (χ0v) is 14.7. The Bertz CT molecular complexity index is 955. The fourth-order valence-electron chi connectivity index (χ4n) is 4.55. The molecule has 2 N–H and O–H groups in total. The van der Waals surface area contributed by atoms with E-state index < -0.39 is 0 Å². The lowest BCUT2D eigenvalue weighted by Crippen LogP contribution is -2.55. The van der Waals surface area contributed by atoms with E-state index in [1.165, 1.54) is 22.2 Å². The molecule has 5 heteroatoms. The highest BCUT2D eigenvalue weighted by Gasteiger charge is 2.42. The summed E-state index contributed by atoms with van der Waals surface area (Å²) in [6, 6.07) is 14.1. The maximum absolute atomic E-state index is 12.7. The number of aromatic amines is 1. The largest absolute Gasteiger partial charge is 0.357 e. The third-order valence-electron chi connectivity index (χ3n) is 5.92. The lowest BCUT2D eigenvalue weighted by Gasteiger charge is -2.44. The highest BCUT2D eigenvalue weighted by molar-refractivity contribution is 5.92. The summed E-state index contributed by atoms with van der Waals surface area (Å²) >= 11 is 0. The minimum Gasteiger partial charge on any atom is -0.357 e. The maximum Gasteiger partial charge on any atom is 0.272 e. The predicted molar refractivity (Wildman–Crippen MR) is 101 cm³/mol. The number of likely N-dealkylation sites (tertiary alicyclic amines) is 1. The second-order valence-corrected chi connectivity index (χ2v) is 7.29. The second kappa shape index (κ2) is 5.95. The van der Waals surface area contributed by atoms with Gasteiger partial charge in [-0.2, -0.15) is 0 Å². The van der Waals surface area contributed by atoms with Gasteiger partial charge in [-0.15, -0.1) is 0 Å². The van der Waals surface area contributed by atoms with Crippen LogP contribution in [-0.2, 0) is 12.0 Å². The lowest BCUT2D eigenvalue weighted by molar-refractivity contribution is 0.0621. The van der Waals surface area contributed by atoms with Crippen molar-refractivity contribution in [2.75, 3.05) is 19.6 Å². The van der Waals surface area contributed by atoms with E-state index in [4.69, 9.17) is 0 Å². The molecule has 0 aliphatic carbocycles. The van der Waals surface area contributed by atoms with Crippen LogP contribution in [0.25, 0.3) is 10.9 Å². The van der Waals surface area contributed by atoms with Gasteiger partial charge < -0.3 is 15.2 Å². The van der Waals surface area contributed by atoms with Crippen molar-refractivity contribution in [1.29, 1.82) is 0 Å². The number of aromatic nitrogens is 2. The summed E-state index contributed by atoms with van der Waals surface area (Å²) in [5.74, 6) is 0.0353. The van der Waals surface area contributed by atoms with Gasteiger partial charge in [0.25, 0.3) is 5.91 Å². The normalized spacial score (nSPS) is 18.8. The molecular weight excluding hydrogens is 324 g/mol. The Morgan fingerprint density at radius 3 is 2.69 bits per heavy atom. The summed E-state index contributed by atoms with van der Waals surface area (Å²) in [6.07, 6.45) is 4.58. The van der Waals surface area contributed by atoms with Crippen LogP contribution in [0.1, 0.15) is 34.6 Å². The van der Waals surface area contributed by atoms with E-state index in [0.717, 1.165) is 38.9 Å². The number of para-hydroxylation sites is 1. The molecule has 1 aromatic carbocycles. The third kappa shape index (κ3) is 2.35. The summed E-state index contributed by atoms with van der Waals surface area (Å²) in [6.45, 7) is 2.48. The van der Waals surface area contributed by atoms with E-state index in [1.807, 2.05) is 17.0 Å². The molecule has 2 aromatic heterocycles. The molecule has 0 radical (unpaired) electrons. The molecule has 0 bridgehead atoms. The monoisotopic (exact) mass is 346 g/mol. The molecular formula is C21H22N4O. The number of pyridine rings is 1. The first kappa shape index (κ1) is 15.6. The van der Waals surface area contributed by atoms with Crippen molar-refractivity contribution in [2.45, 2.75) is 24.8 Å². The summed E-state index contributed by atoms with van der Waals surface area (Å²) in [5.41, 5.74) is 4.48. The molecule has 1 spiro atoms. The van der Waals surface area contributed by atoms with E-state index in [-0.39, 0.29) is 11.4 Å². The average molecular weight is 346 g/mol.